The van der Waals surface area contributed by atoms with E-state index >= 15 is 0 Å². The summed E-state index contributed by atoms with van der Waals surface area (Å²) in [6.07, 6.45) is 7.84. The van der Waals surface area contributed by atoms with Gasteiger partial charge in [0.15, 0.2) is 0 Å². The van der Waals surface area contributed by atoms with Crippen LogP contribution in [0.5, 0.6) is 0 Å². The largest absolute Gasteiger partial charge is 0.396 e. The van der Waals surface area contributed by atoms with Gasteiger partial charge in [0.2, 0.25) is 0 Å². The third-order valence-corrected chi connectivity index (χ3v) is 5.27. The fraction of sp³-hybridized carbons (Fsp3) is 0.588. The van der Waals surface area contributed by atoms with Gasteiger partial charge < -0.3 is 10.4 Å². The van der Waals surface area contributed by atoms with Crippen molar-refractivity contribution in [3.05, 3.63) is 24.4 Å². The van der Waals surface area contributed by atoms with Gasteiger partial charge in [0.25, 0.3) is 0 Å². The topological polar surface area (TPSA) is 64.2 Å². The Morgan fingerprint density at radius 3 is 2.86 bits per heavy atom. The third kappa shape index (κ3) is 2.59. The zero-order chi connectivity index (χ0) is 14.9. The van der Waals surface area contributed by atoms with Crippen LogP contribution in [-0.2, 0) is 0 Å². The second kappa shape index (κ2) is 5.89. The molecule has 5 nitrogen and oxygen atoms in total. The smallest absolute Gasteiger partial charge is 0.0651 e. The van der Waals surface area contributed by atoms with E-state index in [1.807, 2.05) is 6.20 Å². The molecule has 1 aromatic carbocycles. The third-order valence-electron chi connectivity index (χ3n) is 5.27. The summed E-state index contributed by atoms with van der Waals surface area (Å²) < 4.78 is 0. The molecule has 0 spiro atoms. The first kappa shape index (κ1) is 14.0. The summed E-state index contributed by atoms with van der Waals surface area (Å²) in [6, 6.07) is 8.36. The highest BCUT2D eigenvalue weighted by Gasteiger charge is 2.40. The van der Waals surface area contributed by atoms with E-state index in [9.17, 15) is 0 Å². The summed E-state index contributed by atoms with van der Waals surface area (Å²) in [5, 5.41) is 21.0. The number of aliphatic hydroxyl groups is 1. The molecule has 2 bridgehead atoms. The lowest BCUT2D eigenvalue weighted by molar-refractivity contribution is 0.121. The SMILES string of the molecule is OCCCN1C2CCC1CC(Nc1ccc3[nH]ncc3c1)C2. The Bertz CT molecular complexity index is 626. The second-order valence-electron chi connectivity index (χ2n) is 6.68. The van der Waals surface area contributed by atoms with Crippen molar-refractivity contribution in [3.8, 4) is 0 Å². The van der Waals surface area contributed by atoms with Gasteiger partial charge in [-0.05, 0) is 50.3 Å². The molecule has 4 rings (SSSR count). The molecular formula is C17H24N4O. The molecule has 2 fully saturated rings. The highest BCUT2D eigenvalue weighted by Crippen LogP contribution is 2.37. The number of H-pyrrole nitrogens is 1. The summed E-state index contributed by atoms with van der Waals surface area (Å²) >= 11 is 0. The average Bonchev–Trinajstić information content (AvgIpc) is 3.07. The minimum Gasteiger partial charge on any atom is -0.396 e. The van der Waals surface area contributed by atoms with Gasteiger partial charge in [0, 0.05) is 42.4 Å². The number of rotatable bonds is 5. The van der Waals surface area contributed by atoms with E-state index in [2.05, 4.69) is 38.6 Å². The number of nitrogens with zero attached hydrogens (tertiary/aromatic N) is 2. The van der Waals surface area contributed by atoms with E-state index in [1.165, 1.54) is 31.4 Å². The van der Waals surface area contributed by atoms with Gasteiger partial charge in [-0.3, -0.25) is 10.00 Å². The second-order valence-corrected chi connectivity index (χ2v) is 6.68. The lowest BCUT2D eigenvalue weighted by Crippen LogP contribution is -2.47. The molecule has 2 aliphatic heterocycles. The molecule has 0 aliphatic carbocycles. The Kier molecular flexibility index (Phi) is 3.76. The van der Waals surface area contributed by atoms with Gasteiger partial charge in [0.1, 0.15) is 0 Å². The molecular weight excluding hydrogens is 276 g/mol. The van der Waals surface area contributed by atoms with Crippen molar-refractivity contribution in [1.82, 2.24) is 15.1 Å². The fourth-order valence-electron chi connectivity index (χ4n) is 4.28. The predicted molar refractivity (Wildman–Crippen MR) is 88.0 cm³/mol. The van der Waals surface area contributed by atoms with Gasteiger partial charge in [-0.1, -0.05) is 0 Å². The van der Waals surface area contributed by atoms with E-state index in [-0.39, 0.29) is 0 Å². The van der Waals surface area contributed by atoms with Crippen LogP contribution < -0.4 is 5.32 Å². The quantitative estimate of drug-likeness (QED) is 0.793. The maximum absolute atomic E-state index is 9.06. The molecule has 2 aromatic rings. The van der Waals surface area contributed by atoms with Crippen LogP contribution >= 0.6 is 0 Å². The first-order chi connectivity index (χ1) is 10.8. The van der Waals surface area contributed by atoms with Crippen molar-refractivity contribution in [3.63, 3.8) is 0 Å². The number of aromatic amines is 1. The number of hydrogen-bond acceptors (Lipinski definition) is 4. The van der Waals surface area contributed by atoms with Crippen molar-refractivity contribution in [2.75, 3.05) is 18.5 Å². The summed E-state index contributed by atoms with van der Waals surface area (Å²) in [5.74, 6) is 0. The average molecular weight is 300 g/mol. The molecule has 0 amide bonds. The van der Waals surface area contributed by atoms with Crippen molar-refractivity contribution >= 4 is 16.6 Å². The monoisotopic (exact) mass is 300 g/mol. The highest BCUT2D eigenvalue weighted by atomic mass is 16.3. The summed E-state index contributed by atoms with van der Waals surface area (Å²) in [4.78, 5) is 2.63. The predicted octanol–water partition coefficient (Wildman–Crippen LogP) is 2.35. The minimum atomic E-state index is 0.308. The lowest BCUT2D eigenvalue weighted by atomic mass is 9.96. The molecule has 1 aromatic heterocycles. The molecule has 2 unspecified atom stereocenters. The summed E-state index contributed by atoms with van der Waals surface area (Å²) in [5.41, 5.74) is 2.28. The fourth-order valence-corrected chi connectivity index (χ4v) is 4.28. The van der Waals surface area contributed by atoms with Crippen LogP contribution in [0.15, 0.2) is 24.4 Å². The van der Waals surface area contributed by atoms with E-state index in [0.29, 0.717) is 24.7 Å². The van der Waals surface area contributed by atoms with Crippen LogP contribution in [0.4, 0.5) is 5.69 Å². The lowest BCUT2D eigenvalue weighted by Gasteiger charge is -2.39. The van der Waals surface area contributed by atoms with E-state index in [1.54, 1.807) is 0 Å². The molecule has 0 saturated carbocycles. The zero-order valence-electron chi connectivity index (χ0n) is 12.8. The number of benzene rings is 1. The van der Waals surface area contributed by atoms with Crippen LogP contribution in [0.1, 0.15) is 32.1 Å². The Hall–Kier alpha value is -1.59. The van der Waals surface area contributed by atoms with Crippen molar-refractivity contribution in [2.45, 2.75) is 50.2 Å². The molecule has 2 aliphatic rings. The van der Waals surface area contributed by atoms with Crippen LogP contribution in [0.2, 0.25) is 0 Å². The van der Waals surface area contributed by atoms with Gasteiger partial charge in [-0.2, -0.15) is 5.10 Å². The van der Waals surface area contributed by atoms with Crippen molar-refractivity contribution in [2.24, 2.45) is 0 Å². The van der Waals surface area contributed by atoms with Gasteiger partial charge in [-0.15, -0.1) is 0 Å². The van der Waals surface area contributed by atoms with Crippen LogP contribution in [0.25, 0.3) is 10.9 Å². The maximum Gasteiger partial charge on any atom is 0.0651 e. The Morgan fingerprint density at radius 1 is 1.27 bits per heavy atom. The number of hydrogen-bond donors (Lipinski definition) is 3. The number of fused-ring (bicyclic) bond motifs is 3. The van der Waals surface area contributed by atoms with Gasteiger partial charge in [-0.25, -0.2) is 0 Å². The van der Waals surface area contributed by atoms with E-state index in [4.69, 9.17) is 5.11 Å². The molecule has 2 atom stereocenters. The molecule has 22 heavy (non-hydrogen) atoms. The Morgan fingerprint density at radius 2 is 2.09 bits per heavy atom. The number of aliphatic hydroxyl groups excluding tert-OH is 1. The van der Waals surface area contributed by atoms with Gasteiger partial charge >= 0.3 is 0 Å². The maximum atomic E-state index is 9.06. The number of piperidine rings is 1. The number of aromatic nitrogens is 2. The summed E-state index contributed by atoms with van der Waals surface area (Å²) in [6.45, 7) is 1.36. The molecule has 3 heterocycles. The zero-order valence-corrected chi connectivity index (χ0v) is 12.8. The molecule has 118 valence electrons. The van der Waals surface area contributed by atoms with Crippen molar-refractivity contribution < 1.29 is 5.11 Å². The van der Waals surface area contributed by atoms with E-state index in [0.717, 1.165) is 23.9 Å². The van der Waals surface area contributed by atoms with Crippen LogP contribution in [0, 0.1) is 0 Å². The van der Waals surface area contributed by atoms with Crippen LogP contribution in [0.3, 0.4) is 0 Å². The standard InChI is InChI=1S/C17H24N4O/c22-7-1-6-21-15-3-4-16(21)10-14(9-15)19-13-2-5-17-12(8-13)11-18-20-17/h2,5,8,11,14-16,19,22H,1,3-4,6-7,9-10H2,(H,18,20). The minimum absolute atomic E-state index is 0.308. The molecule has 5 heteroatoms. The summed E-state index contributed by atoms with van der Waals surface area (Å²) in [7, 11) is 0. The number of nitrogens with one attached hydrogen (secondary N) is 2. The van der Waals surface area contributed by atoms with Crippen molar-refractivity contribution in [1.29, 1.82) is 0 Å². The highest BCUT2D eigenvalue weighted by molar-refractivity contribution is 5.81. The first-order valence-electron chi connectivity index (χ1n) is 8.40. The Balaban J connectivity index is 1.42. The normalized spacial score (nSPS) is 28.3. The molecule has 3 N–H and O–H groups in total. The molecule has 0 radical (unpaired) electrons. The van der Waals surface area contributed by atoms with E-state index < -0.39 is 0 Å². The Labute approximate surface area is 130 Å². The van der Waals surface area contributed by atoms with Crippen LogP contribution in [-0.4, -0.2) is 51.5 Å². The number of anilines is 1. The first-order valence-corrected chi connectivity index (χ1v) is 8.40. The molecule has 2 saturated heterocycles. The van der Waals surface area contributed by atoms with Gasteiger partial charge in [0.05, 0.1) is 11.7 Å².